The fraction of sp³-hybridized carbons (Fsp3) is 0.167. The summed E-state index contributed by atoms with van der Waals surface area (Å²) in [5.74, 6) is 0. The Morgan fingerprint density at radius 1 is 1.43 bits per heavy atom. The van der Waals surface area contributed by atoms with Crippen LogP contribution >= 0.6 is 15.9 Å². The van der Waals surface area contributed by atoms with E-state index in [1.807, 2.05) is 0 Å². The summed E-state index contributed by atoms with van der Waals surface area (Å²) in [7, 11) is 1.58. The van der Waals surface area contributed by atoms with E-state index >= 15 is 0 Å². The second kappa shape index (κ2) is 5.92. The molecule has 0 radical (unpaired) electrons. The Bertz CT molecular complexity index is 812. The second-order valence-electron chi connectivity index (χ2n) is 4.22. The zero-order valence-corrected chi connectivity index (χ0v) is 12.5. The van der Waals surface area contributed by atoms with Crippen LogP contribution in [-0.4, -0.2) is 21.5 Å². The molecule has 0 spiro atoms. The molecule has 9 heteroatoms. The van der Waals surface area contributed by atoms with Gasteiger partial charge in [0.1, 0.15) is 5.69 Å². The first-order valence-corrected chi connectivity index (χ1v) is 6.66. The zero-order valence-electron chi connectivity index (χ0n) is 10.9. The Balaban J connectivity index is 2.41. The van der Waals surface area contributed by atoms with Crippen LogP contribution in [0.15, 0.2) is 38.5 Å². The van der Waals surface area contributed by atoms with Gasteiger partial charge in [0.05, 0.1) is 15.9 Å². The van der Waals surface area contributed by atoms with Crippen molar-refractivity contribution in [2.45, 2.75) is 6.54 Å². The van der Waals surface area contributed by atoms with E-state index in [0.717, 1.165) is 0 Å². The number of halogens is 1. The maximum atomic E-state index is 11.7. The third-order valence-corrected chi connectivity index (χ3v) is 3.41. The maximum absolute atomic E-state index is 11.7. The number of hydrogen-bond donors (Lipinski definition) is 2. The van der Waals surface area contributed by atoms with Crippen molar-refractivity contribution in [2.24, 2.45) is 0 Å². The number of aromatic nitrogens is 2. The maximum Gasteiger partial charge on any atom is 0.328 e. The van der Waals surface area contributed by atoms with Gasteiger partial charge < -0.3 is 5.32 Å². The van der Waals surface area contributed by atoms with E-state index in [0.29, 0.717) is 11.3 Å². The summed E-state index contributed by atoms with van der Waals surface area (Å²) in [6.07, 6.45) is 1.38. The minimum atomic E-state index is -0.549. The minimum absolute atomic E-state index is 0.0451. The first kappa shape index (κ1) is 15.0. The van der Waals surface area contributed by atoms with Crippen LogP contribution in [0.5, 0.6) is 0 Å². The summed E-state index contributed by atoms with van der Waals surface area (Å²) >= 11 is 3.05. The molecule has 0 atom stereocenters. The average molecular weight is 355 g/mol. The number of nitro benzene ring substituents is 1. The van der Waals surface area contributed by atoms with Crippen LogP contribution in [0.2, 0.25) is 0 Å². The van der Waals surface area contributed by atoms with Crippen LogP contribution in [0, 0.1) is 10.1 Å². The molecule has 0 aliphatic heterocycles. The fourth-order valence-electron chi connectivity index (χ4n) is 1.84. The summed E-state index contributed by atoms with van der Waals surface area (Å²) in [6, 6.07) is 4.51. The van der Waals surface area contributed by atoms with Crippen LogP contribution in [0.3, 0.4) is 0 Å². The van der Waals surface area contributed by atoms with Gasteiger partial charge in [-0.25, -0.2) is 4.79 Å². The number of rotatable bonds is 4. The molecule has 110 valence electrons. The van der Waals surface area contributed by atoms with Crippen LogP contribution in [0.25, 0.3) is 0 Å². The molecule has 8 nitrogen and oxygen atoms in total. The molecule has 0 aliphatic rings. The first-order chi connectivity index (χ1) is 9.92. The van der Waals surface area contributed by atoms with Crippen LogP contribution in [0.4, 0.5) is 11.4 Å². The highest BCUT2D eigenvalue weighted by Crippen LogP contribution is 2.25. The SMILES string of the molecule is CNc1cc(Cn2cc(Br)c(=O)[nH]c2=O)ccc1[N+](=O)[O-]. The van der Waals surface area contributed by atoms with Crippen molar-refractivity contribution in [1.29, 1.82) is 0 Å². The van der Waals surface area contributed by atoms with Gasteiger partial charge in [0.2, 0.25) is 0 Å². The van der Waals surface area contributed by atoms with Gasteiger partial charge in [-0.3, -0.25) is 24.5 Å². The summed E-state index contributed by atoms with van der Waals surface area (Å²) in [5.41, 5.74) is -0.0558. The first-order valence-electron chi connectivity index (χ1n) is 5.86. The molecule has 2 N–H and O–H groups in total. The summed E-state index contributed by atoms with van der Waals surface area (Å²) in [4.78, 5) is 35.5. The highest BCUT2D eigenvalue weighted by Gasteiger charge is 2.13. The van der Waals surface area contributed by atoms with Crippen molar-refractivity contribution < 1.29 is 4.92 Å². The number of nitrogens with zero attached hydrogens (tertiary/aromatic N) is 2. The lowest BCUT2D eigenvalue weighted by molar-refractivity contribution is -0.383. The quantitative estimate of drug-likeness (QED) is 0.635. The highest BCUT2D eigenvalue weighted by atomic mass is 79.9. The zero-order chi connectivity index (χ0) is 15.6. The van der Waals surface area contributed by atoms with Gasteiger partial charge in [-0.05, 0) is 27.6 Å². The van der Waals surface area contributed by atoms with Gasteiger partial charge in [-0.1, -0.05) is 6.07 Å². The van der Waals surface area contributed by atoms with Crippen molar-refractivity contribution in [3.63, 3.8) is 0 Å². The van der Waals surface area contributed by atoms with Gasteiger partial charge in [0.25, 0.3) is 11.2 Å². The minimum Gasteiger partial charge on any atom is -0.383 e. The number of nitro groups is 1. The molecule has 0 saturated carbocycles. The monoisotopic (exact) mass is 354 g/mol. The number of benzene rings is 1. The molecule has 1 aromatic heterocycles. The Hall–Kier alpha value is -2.42. The topological polar surface area (TPSA) is 110 Å². The molecular formula is C12H11BrN4O4. The smallest absolute Gasteiger partial charge is 0.328 e. The second-order valence-corrected chi connectivity index (χ2v) is 5.08. The molecule has 2 rings (SSSR count). The third kappa shape index (κ3) is 3.19. The third-order valence-electron chi connectivity index (χ3n) is 2.85. The lowest BCUT2D eigenvalue weighted by Gasteiger charge is -2.08. The lowest BCUT2D eigenvalue weighted by Crippen LogP contribution is -2.30. The van der Waals surface area contributed by atoms with Crippen LogP contribution in [0.1, 0.15) is 5.56 Å². The summed E-state index contributed by atoms with van der Waals surface area (Å²) in [6.45, 7) is 0.181. The van der Waals surface area contributed by atoms with E-state index in [9.17, 15) is 19.7 Å². The average Bonchev–Trinajstić information content (AvgIpc) is 2.44. The van der Waals surface area contributed by atoms with Gasteiger partial charge >= 0.3 is 5.69 Å². The molecule has 1 heterocycles. The molecule has 21 heavy (non-hydrogen) atoms. The van der Waals surface area contributed by atoms with Crippen molar-refractivity contribution in [3.8, 4) is 0 Å². The van der Waals surface area contributed by atoms with E-state index in [4.69, 9.17) is 0 Å². The highest BCUT2D eigenvalue weighted by molar-refractivity contribution is 9.10. The molecular weight excluding hydrogens is 344 g/mol. The van der Waals surface area contributed by atoms with Crippen molar-refractivity contribution in [1.82, 2.24) is 9.55 Å². The van der Waals surface area contributed by atoms with Gasteiger partial charge in [0, 0.05) is 19.3 Å². The Labute approximate surface area is 126 Å². The molecule has 2 aromatic rings. The van der Waals surface area contributed by atoms with E-state index in [1.54, 1.807) is 19.2 Å². The predicted molar refractivity (Wildman–Crippen MR) is 80.8 cm³/mol. The van der Waals surface area contributed by atoms with Crippen molar-refractivity contribution in [2.75, 3.05) is 12.4 Å². The molecule has 1 aromatic carbocycles. The van der Waals surface area contributed by atoms with E-state index in [1.165, 1.54) is 16.8 Å². The van der Waals surface area contributed by atoms with Crippen LogP contribution in [-0.2, 0) is 6.54 Å². The van der Waals surface area contributed by atoms with Gasteiger partial charge in [0.15, 0.2) is 0 Å². The Morgan fingerprint density at radius 3 is 2.76 bits per heavy atom. The fourth-order valence-corrected chi connectivity index (χ4v) is 2.18. The number of hydrogen-bond acceptors (Lipinski definition) is 5. The Kier molecular flexibility index (Phi) is 4.22. The molecule has 0 unspecified atom stereocenters. The van der Waals surface area contributed by atoms with Gasteiger partial charge in [-0.2, -0.15) is 0 Å². The van der Waals surface area contributed by atoms with Crippen LogP contribution < -0.4 is 16.6 Å². The molecule has 0 bridgehead atoms. The molecule has 0 aliphatic carbocycles. The number of nitrogens with one attached hydrogen (secondary N) is 2. The standard InChI is InChI=1S/C12H11BrN4O4/c1-14-9-4-7(2-3-10(9)17(20)21)5-16-6-8(13)11(18)15-12(16)19/h2-4,6,14H,5H2,1H3,(H,15,18,19). The molecule has 0 saturated heterocycles. The van der Waals surface area contributed by atoms with E-state index in [2.05, 4.69) is 26.2 Å². The number of H-pyrrole nitrogens is 1. The Morgan fingerprint density at radius 2 is 2.14 bits per heavy atom. The molecule has 0 fully saturated rings. The summed E-state index contributed by atoms with van der Waals surface area (Å²) < 4.78 is 1.53. The number of aromatic amines is 1. The number of anilines is 1. The van der Waals surface area contributed by atoms with Gasteiger partial charge in [-0.15, -0.1) is 0 Å². The summed E-state index contributed by atoms with van der Waals surface area (Å²) in [5, 5.41) is 13.6. The molecule has 0 amide bonds. The normalized spacial score (nSPS) is 10.4. The van der Waals surface area contributed by atoms with Crippen molar-refractivity contribution >= 4 is 27.3 Å². The predicted octanol–water partition coefficient (Wildman–Crippen LogP) is 1.30. The van der Waals surface area contributed by atoms with E-state index < -0.39 is 16.2 Å². The lowest BCUT2D eigenvalue weighted by atomic mass is 10.1. The van der Waals surface area contributed by atoms with E-state index in [-0.39, 0.29) is 16.7 Å². The van der Waals surface area contributed by atoms with Crippen molar-refractivity contribution in [3.05, 3.63) is 65.4 Å². The largest absolute Gasteiger partial charge is 0.383 e.